The molecule has 0 amide bonds. The summed E-state index contributed by atoms with van der Waals surface area (Å²) in [4.78, 5) is 11.5. The summed E-state index contributed by atoms with van der Waals surface area (Å²) in [6.07, 6.45) is 5.61. The molecule has 0 aromatic rings. The highest BCUT2D eigenvalue weighted by molar-refractivity contribution is 5.96. The van der Waals surface area contributed by atoms with Crippen LogP contribution in [0.2, 0.25) is 0 Å². The molecule has 0 aliphatic heterocycles. The fourth-order valence-electron chi connectivity index (χ4n) is 1.72. The minimum absolute atomic E-state index is 0.206. The third-order valence-corrected chi connectivity index (χ3v) is 2.57. The Bertz CT molecular complexity index is 228. The summed E-state index contributed by atoms with van der Waals surface area (Å²) < 4.78 is 0. The van der Waals surface area contributed by atoms with Crippen LogP contribution in [0.15, 0.2) is 11.6 Å². The van der Waals surface area contributed by atoms with E-state index in [1.165, 1.54) is 0 Å². The highest BCUT2D eigenvalue weighted by atomic mass is 16.1. The highest BCUT2D eigenvalue weighted by Crippen LogP contribution is 2.32. The lowest BCUT2D eigenvalue weighted by molar-refractivity contribution is -0.116. The van der Waals surface area contributed by atoms with Crippen molar-refractivity contribution < 1.29 is 4.79 Å². The van der Waals surface area contributed by atoms with E-state index < -0.39 is 0 Å². The zero-order chi connectivity index (χ0) is 9.90. The molecule has 2 nitrogen and oxygen atoms in total. The number of carbonyl (C=O) groups excluding carboxylic acids is 1. The molecule has 0 saturated heterocycles. The lowest BCUT2D eigenvalue weighted by Gasteiger charge is -2.26. The van der Waals surface area contributed by atoms with Gasteiger partial charge in [-0.25, -0.2) is 0 Å². The van der Waals surface area contributed by atoms with Gasteiger partial charge < -0.3 is 5.73 Å². The van der Waals surface area contributed by atoms with E-state index in [4.69, 9.17) is 5.73 Å². The van der Waals surface area contributed by atoms with Gasteiger partial charge in [-0.15, -0.1) is 0 Å². The van der Waals surface area contributed by atoms with Crippen molar-refractivity contribution in [3.63, 3.8) is 0 Å². The van der Waals surface area contributed by atoms with Gasteiger partial charge >= 0.3 is 0 Å². The van der Waals surface area contributed by atoms with Gasteiger partial charge in [0.15, 0.2) is 5.78 Å². The second kappa shape index (κ2) is 4.05. The maximum atomic E-state index is 11.5. The zero-order valence-electron chi connectivity index (χ0n) is 8.60. The van der Waals surface area contributed by atoms with Crippen LogP contribution < -0.4 is 5.73 Å². The molecule has 0 fully saturated rings. The number of rotatable bonds is 3. The number of Topliss-reactive ketones (excluding diaryl/α,β-unsaturated/α-hetero) is 1. The van der Waals surface area contributed by atoms with E-state index in [0.29, 0.717) is 18.7 Å². The van der Waals surface area contributed by atoms with Gasteiger partial charge in [0.25, 0.3) is 0 Å². The maximum absolute atomic E-state index is 11.5. The first-order valence-corrected chi connectivity index (χ1v) is 5.00. The van der Waals surface area contributed by atoms with Crippen LogP contribution in [0.3, 0.4) is 0 Å². The van der Waals surface area contributed by atoms with Gasteiger partial charge in [-0.2, -0.15) is 0 Å². The molecule has 2 N–H and O–H groups in total. The van der Waals surface area contributed by atoms with E-state index in [2.05, 4.69) is 19.9 Å². The largest absolute Gasteiger partial charge is 0.330 e. The minimum atomic E-state index is 0.206. The minimum Gasteiger partial charge on any atom is -0.330 e. The van der Waals surface area contributed by atoms with Crippen molar-refractivity contribution in [3.8, 4) is 0 Å². The van der Waals surface area contributed by atoms with E-state index in [1.54, 1.807) is 0 Å². The smallest absolute Gasteiger partial charge is 0.158 e. The molecule has 13 heavy (non-hydrogen) atoms. The zero-order valence-corrected chi connectivity index (χ0v) is 8.60. The first-order chi connectivity index (χ1) is 6.05. The Morgan fingerprint density at radius 2 is 2.23 bits per heavy atom. The van der Waals surface area contributed by atoms with Crippen LogP contribution >= 0.6 is 0 Å². The van der Waals surface area contributed by atoms with Crippen molar-refractivity contribution in [1.82, 2.24) is 0 Å². The normalized spacial score (nSPS) is 21.5. The van der Waals surface area contributed by atoms with Gasteiger partial charge in [0, 0.05) is 6.42 Å². The number of allylic oxidation sites excluding steroid dienone is 2. The van der Waals surface area contributed by atoms with Gasteiger partial charge in [0.1, 0.15) is 0 Å². The second-order valence-electron chi connectivity index (χ2n) is 4.47. The first-order valence-electron chi connectivity index (χ1n) is 5.00. The maximum Gasteiger partial charge on any atom is 0.158 e. The second-order valence-corrected chi connectivity index (χ2v) is 4.47. The van der Waals surface area contributed by atoms with Crippen LogP contribution in [0.1, 0.15) is 39.5 Å². The third kappa shape index (κ3) is 2.96. The molecule has 1 aliphatic rings. The molecule has 0 aromatic heterocycles. The predicted octanol–water partition coefficient (Wildman–Crippen LogP) is 2.04. The summed E-state index contributed by atoms with van der Waals surface area (Å²) in [7, 11) is 0. The monoisotopic (exact) mass is 181 g/mol. The molecule has 0 heterocycles. The average molecular weight is 181 g/mol. The molecular formula is C11H19NO. The van der Waals surface area contributed by atoms with Crippen molar-refractivity contribution in [2.45, 2.75) is 39.5 Å². The van der Waals surface area contributed by atoms with Crippen molar-refractivity contribution in [1.29, 1.82) is 0 Å². The lowest BCUT2D eigenvalue weighted by Crippen LogP contribution is -2.20. The fourth-order valence-corrected chi connectivity index (χ4v) is 1.72. The standard InChI is InChI=1S/C11H19NO/c1-11(2)6-5-10(13)9(8-11)4-3-7-12/h8H,3-7,12H2,1-2H3. The van der Waals surface area contributed by atoms with Crippen LogP contribution in [0.5, 0.6) is 0 Å². The van der Waals surface area contributed by atoms with E-state index >= 15 is 0 Å². The molecule has 0 spiro atoms. The predicted molar refractivity (Wildman–Crippen MR) is 54.4 cm³/mol. The van der Waals surface area contributed by atoms with E-state index in [-0.39, 0.29) is 5.41 Å². The Morgan fingerprint density at radius 3 is 2.85 bits per heavy atom. The Kier molecular flexibility index (Phi) is 3.26. The molecule has 0 aromatic carbocycles. The number of nitrogens with two attached hydrogens (primary N) is 1. The summed E-state index contributed by atoms with van der Waals surface area (Å²) in [6.45, 7) is 5.04. The number of hydrogen-bond donors (Lipinski definition) is 1. The summed E-state index contributed by atoms with van der Waals surface area (Å²) in [5.41, 5.74) is 6.63. The molecular weight excluding hydrogens is 162 g/mol. The molecule has 0 bridgehead atoms. The third-order valence-electron chi connectivity index (χ3n) is 2.57. The summed E-state index contributed by atoms with van der Waals surface area (Å²) in [5.74, 6) is 0.327. The van der Waals surface area contributed by atoms with Gasteiger partial charge in [-0.1, -0.05) is 19.9 Å². The van der Waals surface area contributed by atoms with Crippen LogP contribution in [0.25, 0.3) is 0 Å². The Morgan fingerprint density at radius 1 is 1.54 bits per heavy atom. The summed E-state index contributed by atoms with van der Waals surface area (Å²) in [5, 5.41) is 0. The summed E-state index contributed by atoms with van der Waals surface area (Å²) >= 11 is 0. The number of carbonyl (C=O) groups is 1. The Labute approximate surface area is 80.2 Å². The van der Waals surface area contributed by atoms with Crippen molar-refractivity contribution >= 4 is 5.78 Å². The number of hydrogen-bond acceptors (Lipinski definition) is 2. The van der Waals surface area contributed by atoms with E-state index in [9.17, 15) is 4.79 Å². The SMILES string of the molecule is CC1(C)C=C(CCCN)C(=O)CC1. The molecule has 1 rings (SSSR count). The lowest BCUT2D eigenvalue weighted by atomic mass is 9.78. The van der Waals surface area contributed by atoms with Crippen molar-refractivity contribution in [3.05, 3.63) is 11.6 Å². The van der Waals surface area contributed by atoms with E-state index in [1.807, 2.05) is 0 Å². The van der Waals surface area contributed by atoms with Crippen molar-refractivity contribution in [2.75, 3.05) is 6.54 Å². The first kappa shape index (κ1) is 10.5. The Hall–Kier alpha value is -0.630. The topological polar surface area (TPSA) is 43.1 Å². The van der Waals surface area contributed by atoms with Crippen molar-refractivity contribution in [2.24, 2.45) is 11.1 Å². The molecule has 0 unspecified atom stereocenters. The molecule has 0 radical (unpaired) electrons. The summed E-state index contributed by atoms with van der Waals surface area (Å²) in [6, 6.07) is 0. The average Bonchev–Trinajstić information content (AvgIpc) is 2.07. The molecule has 0 atom stereocenters. The van der Waals surface area contributed by atoms with E-state index in [0.717, 1.165) is 24.8 Å². The molecule has 1 aliphatic carbocycles. The van der Waals surface area contributed by atoms with Crippen LogP contribution in [-0.2, 0) is 4.79 Å². The molecule has 74 valence electrons. The van der Waals surface area contributed by atoms with Crippen LogP contribution in [0.4, 0.5) is 0 Å². The van der Waals surface area contributed by atoms with Crippen LogP contribution in [-0.4, -0.2) is 12.3 Å². The quantitative estimate of drug-likeness (QED) is 0.724. The molecule has 0 saturated carbocycles. The fraction of sp³-hybridized carbons (Fsp3) is 0.727. The van der Waals surface area contributed by atoms with Gasteiger partial charge in [-0.3, -0.25) is 4.79 Å². The highest BCUT2D eigenvalue weighted by Gasteiger charge is 2.24. The van der Waals surface area contributed by atoms with Gasteiger partial charge in [-0.05, 0) is 36.8 Å². The number of ketones is 1. The van der Waals surface area contributed by atoms with Crippen LogP contribution in [0, 0.1) is 5.41 Å². The van der Waals surface area contributed by atoms with Gasteiger partial charge in [0.05, 0.1) is 0 Å². The molecule has 2 heteroatoms. The Balaban J connectivity index is 2.67. The van der Waals surface area contributed by atoms with Gasteiger partial charge in [0.2, 0.25) is 0 Å².